The molecule has 0 saturated carbocycles. The highest BCUT2D eigenvalue weighted by Crippen LogP contribution is 2.36. The minimum Gasteiger partial charge on any atom is -0.454 e. The number of nitrogens with two attached hydrogens (primary N) is 1. The summed E-state index contributed by atoms with van der Waals surface area (Å²) in [6, 6.07) is 3.92. The summed E-state index contributed by atoms with van der Waals surface area (Å²) in [5, 5.41) is 3.31. The van der Waals surface area contributed by atoms with Gasteiger partial charge in [0.2, 0.25) is 6.79 Å². The SMILES string of the molecule is CCNCCCCn1c(Cc2cc3c(cc2I)OCO3)nc2c(N)nc(F)nc21. The summed E-state index contributed by atoms with van der Waals surface area (Å²) in [6.07, 6.45) is 1.61. The summed E-state index contributed by atoms with van der Waals surface area (Å²) >= 11 is 2.27. The van der Waals surface area contributed by atoms with E-state index in [4.69, 9.17) is 15.2 Å². The molecule has 0 spiro atoms. The van der Waals surface area contributed by atoms with Crippen LogP contribution in [0.5, 0.6) is 11.5 Å². The molecule has 0 atom stereocenters. The molecule has 0 aliphatic carbocycles. The van der Waals surface area contributed by atoms with Gasteiger partial charge in [0.25, 0.3) is 0 Å². The van der Waals surface area contributed by atoms with Crippen LogP contribution in [-0.2, 0) is 13.0 Å². The Balaban J connectivity index is 1.67. The number of rotatable bonds is 8. The smallest absolute Gasteiger partial charge is 0.312 e. The number of hydrogen-bond donors (Lipinski definition) is 2. The van der Waals surface area contributed by atoms with Crippen molar-refractivity contribution in [3.63, 3.8) is 0 Å². The molecule has 1 aliphatic rings. The van der Waals surface area contributed by atoms with Gasteiger partial charge in [-0.05, 0) is 66.2 Å². The number of nitrogens with zero attached hydrogens (tertiary/aromatic N) is 4. The van der Waals surface area contributed by atoms with E-state index in [2.05, 4.69) is 49.8 Å². The number of halogens is 2. The average Bonchev–Trinajstić information content (AvgIpc) is 3.26. The van der Waals surface area contributed by atoms with E-state index in [-0.39, 0.29) is 12.6 Å². The zero-order chi connectivity index (χ0) is 20.4. The number of nitrogen functional groups attached to an aromatic ring is 1. The number of unbranched alkanes of at least 4 members (excludes halogenated alkanes) is 1. The van der Waals surface area contributed by atoms with Crippen LogP contribution >= 0.6 is 22.6 Å². The van der Waals surface area contributed by atoms with Crippen LogP contribution in [0, 0.1) is 9.65 Å². The zero-order valence-electron chi connectivity index (χ0n) is 16.0. The van der Waals surface area contributed by atoms with Crippen molar-refractivity contribution in [2.45, 2.75) is 32.7 Å². The molecule has 0 fully saturated rings. The van der Waals surface area contributed by atoms with Gasteiger partial charge in [0.1, 0.15) is 5.82 Å². The summed E-state index contributed by atoms with van der Waals surface area (Å²) in [5.41, 5.74) is 7.83. The second kappa shape index (κ2) is 8.66. The first-order valence-electron chi connectivity index (χ1n) is 9.53. The molecule has 10 heteroatoms. The Kier molecular flexibility index (Phi) is 5.99. The molecule has 2 aromatic heterocycles. The predicted molar refractivity (Wildman–Crippen MR) is 116 cm³/mol. The van der Waals surface area contributed by atoms with E-state index in [0.717, 1.165) is 52.4 Å². The van der Waals surface area contributed by atoms with Crippen molar-refractivity contribution in [3.8, 4) is 11.5 Å². The molecule has 3 aromatic rings. The van der Waals surface area contributed by atoms with E-state index in [1.54, 1.807) is 0 Å². The largest absolute Gasteiger partial charge is 0.454 e. The Morgan fingerprint density at radius 1 is 1.21 bits per heavy atom. The first-order valence-corrected chi connectivity index (χ1v) is 10.6. The fraction of sp³-hybridized carbons (Fsp3) is 0.421. The molecule has 3 heterocycles. The Morgan fingerprint density at radius 2 is 2.00 bits per heavy atom. The lowest BCUT2D eigenvalue weighted by Crippen LogP contribution is -2.15. The van der Waals surface area contributed by atoms with E-state index >= 15 is 0 Å². The zero-order valence-corrected chi connectivity index (χ0v) is 18.2. The van der Waals surface area contributed by atoms with Gasteiger partial charge in [-0.3, -0.25) is 0 Å². The summed E-state index contributed by atoms with van der Waals surface area (Å²) < 4.78 is 27.8. The highest BCUT2D eigenvalue weighted by atomic mass is 127. The van der Waals surface area contributed by atoms with Crippen LogP contribution in [0.15, 0.2) is 12.1 Å². The van der Waals surface area contributed by atoms with Crippen molar-refractivity contribution < 1.29 is 13.9 Å². The minimum absolute atomic E-state index is 0.0560. The lowest BCUT2D eigenvalue weighted by molar-refractivity contribution is 0.174. The quantitative estimate of drug-likeness (QED) is 0.272. The Hall–Kier alpha value is -2.21. The number of aryl methyl sites for hydroxylation is 1. The first-order chi connectivity index (χ1) is 14.1. The van der Waals surface area contributed by atoms with Crippen LogP contribution < -0.4 is 20.5 Å². The monoisotopic (exact) mass is 512 g/mol. The predicted octanol–water partition coefficient (Wildman–Crippen LogP) is 2.86. The van der Waals surface area contributed by atoms with Gasteiger partial charge in [-0.2, -0.15) is 14.4 Å². The van der Waals surface area contributed by atoms with Gasteiger partial charge < -0.3 is 25.1 Å². The molecule has 0 saturated heterocycles. The summed E-state index contributed by atoms with van der Waals surface area (Å²) in [7, 11) is 0. The van der Waals surface area contributed by atoms with Crippen LogP contribution in [0.25, 0.3) is 11.2 Å². The van der Waals surface area contributed by atoms with Crippen LogP contribution in [0.1, 0.15) is 31.2 Å². The number of imidazole rings is 1. The lowest BCUT2D eigenvalue weighted by Gasteiger charge is -2.11. The highest BCUT2D eigenvalue weighted by molar-refractivity contribution is 14.1. The number of anilines is 1. The molecule has 0 radical (unpaired) electrons. The second-order valence-corrected chi connectivity index (χ2v) is 7.93. The molecule has 1 aliphatic heterocycles. The Morgan fingerprint density at radius 3 is 2.79 bits per heavy atom. The summed E-state index contributed by atoms with van der Waals surface area (Å²) in [5.74, 6) is 2.29. The number of hydrogen-bond acceptors (Lipinski definition) is 7. The first kappa shape index (κ1) is 20.1. The number of nitrogens with one attached hydrogen (secondary N) is 1. The molecular formula is C19H22FIN6O2. The average molecular weight is 512 g/mol. The molecule has 4 rings (SSSR count). The van der Waals surface area contributed by atoms with Crippen molar-refractivity contribution in [3.05, 3.63) is 33.2 Å². The fourth-order valence-electron chi connectivity index (χ4n) is 3.37. The molecule has 154 valence electrons. The van der Waals surface area contributed by atoms with E-state index in [1.807, 2.05) is 16.7 Å². The molecule has 29 heavy (non-hydrogen) atoms. The van der Waals surface area contributed by atoms with E-state index in [9.17, 15) is 4.39 Å². The van der Waals surface area contributed by atoms with Gasteiger partial charge in [-0.1, -0.05) is 6.92 Å². The maximum absolute atomic E-state index is 13.8. The van der Waals surface area contributed by atoms with Crippen LogP contribution in [-0.4, -0.2) is 39.4 Å². The van der Waals surface area contributed by atoms with Crippen molar-refractivity contribution in [2.75, 3.05) is 25.6 Å². The lowest BCUT2D eigenvalue weighted by atomic mass is 10.1. The third kappa shape index (κ3) is 4.22. The van der Waals surface area contributed by atoms with Crippen molar-refractivity contribution in [1.29, 1.82) is 0 Å². The minimum atomic E-state index is -0.840. The molecule has 8 nitrogen and oxygen atoms in total. The standard InChI is InChI=1S/C19H22FIN6O2/c1-2-23-5-3-4-6-27-15(24-16-17(22)25-19(20)26-18(16)27)8-11-7-13-14(9-12(11)21)29-10-28-13/h7,9,23H,2-6,8,10H2,1H3,(H2,22,25,26). The van der Waals surface area contributed by atoms with Crippen LogP contribution in [0.3, 0.4) is 0 Å². The maximum atomic E-state index is 13.8. The van der Waals surface area contributed by atoms with E-state index < -0.39 is 6.08 Å². The molecule has 0 unspecified atom stereocenters. The Bertz CT molecular complexity index is 1040. The van der Waals surface area contributed by atoms with Gasteiger partial charge >= 0.3 is 6.08 Å². The van der Waals surface area contributed by atoms with Crippen molar-refractivity contribution >= 4 is 39.6 Å². The number of aromatic nitrogens is 4. The summed E-state index contributed by atoms with van der Waals surface area (Å²) in [4.78, 5) is 12.3. The Labute approximate surface area is 181 Å². The van der Waals surface area contributed by atoms with Gasteiger partial charge in [0.15, 0.2) is 28.5 Å². The van der Waals surface area contributed by atoms with Crippen LogP contribution in [0.4, 0.5) is 10.2 Å². The fourth-order valence-corrected chi connectivity index (χ4v) is 4.00. The molecule has 0 bridgehead atoms. The van der Waals surface area contributed by atoms with E-state index in [0.29, 0.717) is 24.1 Å². The molecule has 0 amide bonds. The third-order valence-electron chi connectivity index (χ3n) is 4.80. The topological polar surface area (TPSA) is 100 Å². The number of fused-ring (bicyclic) bond motifs is 2. The van der Waals surface area contributed by atoms with E-state index in [1.165, 1.54) is 0 Å². The van der Waals surface area contributed by atoms with Crippen LogP contribution in [0.2, 0.25) is 0 Å². The summed E-state index contributed by atoms with van der Waals surface area (Å²) in [6.45, 7) is 4.86. The second-order valence-electron chi connectivity index (χ2n) is 6.76. The van der Waals surface area contributed by atoms with Crippen molar-refractivity contribution in [1.82, 2.24) is 24.8 Å². The normalized spacial score (nSPS) is 12.8. The van der Waals surface area contributed by atoms with Gasteiger partial charge in [-0.25, -0.2) is 4.98 Å². The third-order valence-corrected chi connectivity index (χ3v) is 5.80. The molecule has 1 aromatic carbocycles. The van der Waals surface area contributed by atoms with Gasteiger partial charge in [0.05, 0.1) is 0 Å². The van der Waals surface area contributed by atoms with Gasteiger partial charge in [-0.15, -0.1) is 0 Å². The number of benzene rings is 1. The maximum Gasteiger partial charge on any atom is 0.312 e. The van der Waals surface area contributed by atoms with Crippen molar-refractivity contribution in [2.24, 2.45) is 0 Å². The number of ether oxygens (including phenoxy) is 2. The molecular weight excluding hydrogens is 490 g/mol. The highest BCUT2D eigenvalue weighted by Gasteiger charge is 2.20. The van der Waals surface area contributed by atoms with Gasteiger partial charge in [0, 0.05) is 16.5 Å². The molecule has 3 N–H and O–H groups in total.